The van der Waals surface area contributed by atoms with Crippen molar-refractivity contribution >= 4 is 5.78 Å². The highest BCUT2D eigenvalue weighted by Crippen LogP contribution is 2.30. The number of nitrogens with zero attached hydrogens (tertiary/aromatic N) is 2. The number of Topliss-reactive ketones (excluding diaryl/α,β-unsaturated/α-hetero) is 1. The summed E-state index contributed by atoms with van der Waals surface area (Å²) in [6.07, 6.45) is 2.10. The predicted octanol–water partition coefficient (Wildman–Crippen LogP) is 2.78. The van der Waals surface area contributed by atoms with Crippen LogP contribution in [0.15, 0.2) is 12.3 Å². The molecule has 1 saturated carbocycles. The first-order chi connectivity index (χ1) is 9.72. The Labute approximate surface area is 121 Å². The van der Waals surface area contributed by atoms with Crippen LogP contribution in [-0.2, 0) is 11.2 Å². The van der Waals surface area contributed by atoms with Gasteiger partial charge in [0.1, 0.15) is 0 Å². The Balaban J connectivity index is 2.04. The zero-order valence-electron chi connectivity index (χ0n) is 12.0. The van der Waals surface area contributed by atoms with Crippen LogP contribution in [0, 0.1) is 0 Å². The van der Waals surface area contributed by atoms with Crippen LogP contribution in [0.4, 0.5) is 13.2 Å². The van der Waals surface area contributed by atoms with Crippen LogP contribution >= 0.6 is 0 Å². The summed E-state index contributed by atoms with van der Waals surface area (Å²) < 4.78 is 39.9. The number of carbonyl (C=O) groups is 1. The van der Waals surface area contributed by atoms with Crippen LogP contribution in [0.25, 0.3) is 0 Å². The fourth-order valence-electron chi connectivity index (χ4n) is 2.53. The number of carbonyl (C=O) groups excluding carboxylic acids is 1. The van der Waals surface area contributed by atoms with Crippen LogP contribution in [0.2, 0.25) is 0 Å². The van der Waals surface area contributed by atoms with Gasteiger partial charge in [-0.05, 0) is 25.8 Å². The molecule has 1 fully saturated rings. The first kappa shape index (κ1) is 16.0. The molecule has 2 rings (SSSR count). The highest BCUT2D eigenvalue weighted by atomic mass is 19.4. The molecule has 0 bridgehead atoms. The van der Waals surface area contributed by atoms with Crippen molar-refractivity contribution in [3.05, 3.63) is 18.0 Å². The Kier molecular flexibility index (Phi) is 4.41. The molecule has 4 nitrogen and oxygen atoms in total. The topological polar surface area (TPSA) is 60.9 Å². The molecule has 21 heavy (non-hydrogen) atoms. The molecule has 0 radical (unpaired) electrons. The van der Waals surface area contributed by atoms with E-state index < -0.39 is 23.9 Å². The molecule has 118 valence electrons. The lowest BCUT2D eigenvalue weighted by atomic mass is 9.94. The fraction of sp³-hybridized carbons (Fsp3) is 0.714. The minimum Gasteiger partial charge on any atom is -0.312 e. The Bertz CT molecular complexity index is 502. The Morgan fingerprint density at radius 3 is 2.57 bits per heavy atom. The van der Waals surface area contributed by atoms with Gasteiger partial charge in [0.2, 0.25) is 0 Å². The van der Waals surface area contributed by atoms with Crippen LogP contribution in [0.1, 0.15) is 50.8 Å². The molecule has 0 aromatic carbocycles. The number of nitrogens with two attached hydrogens (primary N) is 1. The molecule has 1 heterocycles. The maximum absolute atomic E-state index is 12.7. The zero-order valence-corrected chi connectivity index (χ0v) is 12.0. The minimum atomic E-state index is -4.75. The van der Waals surface area contributed by atoms with Crippen molar-refractivity contribution in [3.8, 4) is 0 Å². The minimum absolute atomic E-state index is 0.287. The molecule has 0 saturated heterocycles. The molecule has 1 aliphatic carbocycles. The summed E-state index contributed by atoms with van der Waals surface area (Å²) in [6.45, 7) is 0.702. The van der Waals surface area contributed by atoms with Gasteiger partial charge in [0.05, 0.1) is 18.2 Å². The zero-order chi connectivity index (χ0) is 15.7. The number of ketones is 1. The van der Waals surface area contributed by atoms with Crippen LogP contribution in [0.5, 0.6) is 0 Å². The Morgan fingerprint density at radius 2 is 2.00 bits per heavy atom. The van der Waals surface area contributed by atoms with Crippen molar-refractivity contribution < 1.29 is 18.0 Å². The lowest BCUT2D eigenvalue weighted by Gasteiger charge is -2.25. The van der Waals surface area contributed by atoms with Gasteiger partial charge in [0.25, 0.3) is 0 Å². The van der Waals surface area contributed by atoms with Crippen molar-refractivity contribution in [3.63, 3.8) is 0 Å². The standard InChI is InChI=1S/C14H20F3N3O/c1-13(18,14(15,16)17)12(21)9-10-7-8-20(19-10)11-5-3-2-4-6-11/h7-8,11H,2-6,9,18H2,1H3. The molecule has 1 aromatic heterocycles. The number of alkyl halides is 3. The van der Waals surface area contributed by atoms with Gasteiger partial charge < -0.3 is 5.73 Å². The van der Waals surface area contributed by atoms with Crippen molar-refractivity contribution in [1.29, 1.82) is 0 Å². The van der Waals surface area contributed by atoms with Gasteiger partial charge in [-0.3, -0.25) is 9.48 Å². The number of halogens is 3. The second-order valence-electron chi connectivity index (χ2n) is 5.88. The van der Waals surface area contributed by atoms with E-state index in [-0.39, 0.29) is 6.04 Å². The number of hydrogen-bond acceptors (Lipinski definition) is 3. The molecule has 2 N–H and O–H groups in total. The summed E-state index contributed by atoms with van der Waals surface area (Å²) >= 11 is 0. The summed E-state index contributed by atoms with van der Waals surface area (Å²) in [5.74, 6) is -1.07. The van der Waals surface area contributed by atoms with Gasteiger partial charge in [0.15, 0.2) is 11.3 Å². The van der Waals surface area contributed by atoms with Crippen molar-refractivity contribution in [2.24, 2.45) is 5.73 Å². The molecule has 0 aliphatic heterocycles. The third-order valence-electron chi connectivity index (χ3n) is 4.12. The summed E-state index contributed by atoms with van der Waals surface area (Å²) in [7, 11) is 0. The monoisotopic (exact) mass is 303 g/mol. The molecule has 0 amide bonds. The lowest BCUT2D eigenvalue weighted by molar-refractivity contribution is -0.185. The Morgan fingerprint density at radius 1 is 1.38 bits per heavy atom. The third kappa shape index (κ3) is 3.45. The van der Waals surface area contributed by atoms with E-state index in [2.05, 4.69) is 5.10 Å². The molecule has 1 aliphatic rings. The first-order valence-electron chi connectivity index (χ1n) is 7.15. The van der Waals surface area contributed by atoms with E-state index in [0.717, 1.165) is 25.7 Å². The maximum Gasteiger partial charge on any atom is 0.413 e. The predicted molar refractivity (Wildman–Crippen MR) is 71.7 cm³/mol. The maximum atomic E-state index is 12.7. The number of rotatable bonds is 4. The van der Waals surface area contributed by atoms with Crippen molar-refractivity contribution in [2.75, 3.05) is 0 Å². The van der Waals surface area contributed by atoms with E-state index in [9.17, 15) is 18.0 Å². The van der Waals surface area contributed by atoms with Crippen LogP contribution in [0.3, 0.4) is 0 Å². The Hall–Kier alpha value is -1.37. The highest BCUT2D eigenvalue weighted by molar-refractivity contribution is 5.90. The van der Waals surface area contributed by atoms with E-state index in [4.69, 9.17) is 5.73 Å². The smallest absolute Gasteiger partial charge is 0.312 e. The third-order valence-corrected chi connectivity index (χ3v) is 4.12. The molecule has 1 aromatic rings. The highest BCUT2D eigenvalue weighted by Gasteiger charge is 2.53. The number of aromatic nitrogens is 2. The second-order valence-corrected chi connectivity index (χ2v) is 5.88. The van der Waals surface area contributed by atoms with Gasteiger partial charge in [-0.1, -0.05) is 19.3 Å². The summed E-state index contributed by atoms with van der Waals surface area (Å²) in [5, 5.41) is 4.24. The summed E-state index contributed by atoms with van der Waals surface area (Å²) in [6, 6.07) is 1.88. The van der Waals surface area contributed by atoms with Crippen LogP contribution < -0.4 is 5.73 Å². The van der Waals surface area contributed by atoms with Crippen molar-refractivity contribution in [2.45, 2.75) is 63.2 Å². The molecular weight excluding hydrogens is 283 g/mol. The SMILES string of the molecule is CC(N)(C(=O)Cc1ccn(C2CCCCC2)n1)C(F)(F)F. The van der Waals surface area contributed by atoms with Gasteiger partial charge in [-0.15, -0.1) is 0 Å². The quantitative estimate of drug-likeness (QED) is 0.930. The largest absolute Gasteiger partial charge is 0.413 e. The average molecular weight is 303 g/mol. The molecule has 1 unspecified atom stereocenters. The van der Waals surface area contributed by atoms with E-state index in [1.54, 1.807) is 16.9 Å². The van der Waals surface area contributed by atoms with E-state index in [1.165, 1.54) is 6.42 Å². The lowest BCUT2D eigenvalue weighted by Crippen LogP contribution is -2.57. The van der Waals surface area contributed by atoms with Crippen LogP contribution in [-0.4, -0.2) is 27.3 Å². The summed E-state index contributed by atoms with van der Waals surface area (Å²) in [4.78, 5) is 11.8. The fourth-order valence-corrected chi connectivity index (χ4v) is 2.53. The molecule has 0 spiro atoms. The first-order valence-corrected chi connectivity index (χ1v) is 7.15. The van der Waals surface area contributed by atoms with E-state index in [1.807, 2.05) is 0 Å². The van der Waals surface area contributed by atoms with E-state index >= 15 is 0 Å². The van der Waals surface area contributed by atoms with E-state index in [0.29, 0.717) is 12.6 Å². The van der Waals surface area contributed by atoms with Gasteiger partial charge in [0, 0.05) is 6.20 Å². The van der Waals surface area contributed by atoms with Gasteiger partial charge in [-0.25, -0.2) is 0 Å². The van der Waals surface area contributed by atoms with Gasteiger partial charge in [-0.2, -0.15) is 18.3 Å². The molecule has 7 heteroatoms. The van der Waals surface area contributed by atoms with Crippen molar-refractivity contribution in [1.82, 2.24) is 9.78 Å². The number of hydrogen-bond donors (Lipinski definition) is 1. The van der Waals surface area contributed by atoms with Gasteiger partial charge >= 0.3 is 6.18 Å². The summed E-state index contributed by atoms with van der Waals surface area (Å²) in [5.41, 5.74) is 2.63. The molecular formula is C14H20F3N3O. The normalized spacial score (nSPS) is 20.2. The molecule has 1 atom stereocenters. The average Bonchev–Trinajstić information content (AvgIpc) is 2.87. The second kappa shape index (κ2) is 5.79.